The highest BCUT2D eigenvalue weighted by molar-refractivity contribution is 7.93. The van der Waals surface area contributed by atoms with Gasteiger partial charge in [-0.1, -0.05) is 12.1 Å². The lowest BCUT2D eigenvalue weighted by Gasteiger charge is -2.10. The van der Waals surface area contributed by atoms with Crippen LogP contribution in [0.1, 0.15) is 22.3 Å². The van der Waals surface area contributed by atoms with Gasteiger partial charge in [-0.2, -0.15) is 13.2 Å². The number of carbonyl (C=O) groups is 2. The standard InChI is InChI=1S/C21H17F3N2O4S2/c22-21(23,24)15-3-1-4-17(13-15)26-20(28)14-6-8-16(9-7-14)25-18(27)10-12-32(29,30)19-5-2-11-31-19/h1-9,11,13H,10,12H2,(H,25,27)(H,26,28). The minimum Gasteiger partial charge on any atom is -0.326 e. The highest BCUT2D eigenvalue weighted by Gasteiger charge is 2.30. The number of alkyl halides is 3. The Balaban J connectivity index is 1.56. The maximum absolute atomic E-state index is 12.8. The molecule has 1 heterocycles. The summed E-state index contributed by atoms with van der Waals surface area (Å²) >= 11 is 1.08. The second-order valence-electron chi connectivity index (χ2n) is 6.66. The van der Waals surface area contributed by atoms with E-state index in [9.17, 15) is 31.2 Å². The van der Waals surface area contributed by atoms with Crippen molar-refractivity contribution in [3.8, 4) is 0 Å². The first kappa shape index (κ1) is 23.5. The van der Waals surface area contributed by atoms with E-state index >= 15 is 0 Å². The molecule has 6 nitrogen and oxygen atoms in total. The SMILES string of the molecule is O=C(CCS(=O)(=O)c1cccs1)Nc1ccc(C(=O)Nc2cccc(C(F)(F)F)c2)cc1. The van der Waals surface area contributed by atoms with Gasteiger partial charge in [0.2, 0.25) is 5.91 Å². The molecule has 11 heteroatoms. The van der Waals surface area contributed by atoms with E-state index in [4.69, 9.17) is 0 Å². The molecule has 0 fully saturated rings. The summed E-state index contributed by atoms with van der Waals surface area (Å²) in [6.45, 7) is 0. The van der Waals surface area contributed by atoms with Gasteiger partial charge in [-0.05, 0) is 53.9 Å². The lowest BCUT2D eigenvalue weighted by molar-refractivity contribution is -0.137. The zero-order valence-electron chi connectivity index (χ0n) is 16.3. The number of anilines is 2. The third kappa shape index (κ3) is 6.17. The largest absolute Gasteiger partial charge is 0.416 e. The molecule has 168 valence electrons. The molecule has 0 aliphatic heterocycles. The van der Waals surface area contributed by atoms with Gasteiger partial charge < -0.3 is 10.6 Å². The summed E-state index contributed by atoms with van der Waals surface area (Å²) < 4.78 is 62.8. The second kappa shape index (κ2) is 9.53. The summed E-state index contributed by atoms with van der Waals surface area (Å²) in [5.41, 5.74) is -0.372. The zero-order valence-corrected chi connectivity index (χ0v) is 18.0. The Morgan fingerprint density at radius 2 is 1.62 bits per heavy atom. The van der Waals surface area contributed by atoms with Gasteiger partial charge in [0.15, 0.2) is 9.84 Å². The fourth-order valence-electron chi connectivity index (χ4n) is 2.67. The average molecular weight is 483 g/mol. The molecule has 0 unspecified atom stereocenters. The van der Waals surface area contributed by atoms with Gasteiger partial charge in [-0.3, -0.25) is 9.59 Å². The van der Waals surface area contributed by atoms with Crippen LogP contribution >= 0.6 is 11.3 Å². The van der Waals surface area contributed by atoms with Crippen LogP contribution in [0, 0.1) is 0 Å². The maximum Gasteiger partial charge on any atom is 0.416 e. The Labute approximate surface area is 186 Å². The molecule has 2 aromatic carbocycles. The number of halogens is 3. The van der Waals surface area contributed by atoms with Crippen LogP contribution in [0.25, 0.3) is 0 Å². The smallest absolute Gasteiger partial charge is 0.326 e. The van der Waals surface area contributed by atoms with E-state index in [1.165, 1.54) is 42.5 Å². The number of hydrogen-bond donors (Lipinski definition) is 2. The van der Waals surface area contributed by atoms with Crippen LogP contribution < -0.4 is 10.6 Å². The van der Waals surface area contributed by atoms with Crippen LogP contribution in [0.3, 0.4) is 0 Å². The Bertz CT molecular complexity index is 1210. The van der Waals surface area contributed by atoms with Crippen LogP contribution in [0.15, 0.2) is 70.3 Å². The molecule has 3 rings (SSSR count). The van der Waals surface area contributed by atoms with Crippen molar-refractivity contribution in [3.05, 3.63) is 77.2 Å². The minimum absolute atomic E-state index is 0.00541. The number of nitrogens with one attached hydrogen (secondary N) is 2. The van der Waals surface area contributed by atoms with Crippen LogP contribution in [-0.4, -0.2) is 26.0 Å². The lowest BCUT2D eigenvalue weighted by atomic mass is 10.1. The summed E-state index contributed by atoms with van der Waals surface area (Å²) in [4.78, 5) is 24.3. The van der Waals surface area contributed by atoms with E-state index in [0.29, 0.717) is 5.69 Å². The minimum atomic E-state index is -4.52. The summed E-state index contributed by atoms with van der Waals surface area (Å²) in [6, 6.07) is 13.0. The number of benzene rings is 2. The van der Waals surface area contributed by atoms with Crippen LogP contribution in [0.5, 0.6) is 0 Å². The highest BCUT2D eigenvalue weighted by Crippen LogP contribution is 2.30. The van der Waals surface area contributed by atoms with E-state index in [1.807, 2.05) is 0 Å². The van der Waals surface area contributed by atoms with E-state index < -0.39 is 33.4 Å². The normalized spacial score (nSPS) is 11.7. The molecule has 2 amide bonds. The van der Waals surface area contributed by atoms with Crippen molar-refractivity contribution in [2.75, 3.05) is 16.4 Å². The molecule has 0 aliphatic rings. The van der Waals surface area contributed by atoms with Crippen molar-refractivity contribution in [1.29, 1.82) is 0 Å². The summed E-state index contributed by atoms with van der Waals surface area (Å²) in [6.07, 6.45) is -4.76. The highest BCUT2D eigenvalue weighted by atomic mass is 32.2. The molecule has 0 spiro atoms. The fourth-order valence-corrected chi connectivity index (χ4v) is 5.07. The summed E-state index contributed by atoms with van der Waals surface area (Å²) in [5, 5.41) is 6.57. The van der Waals surface area contributed by atoms with Gasteiger partial charge >= 0.3 is 6.18 Å². The predicted molar refractivity (Wildman–Crippen MR) is 115 cm³/mol. The number of carbonyl (C=O) groups excluding carboxylic acids is 2. The zero-order chi connectivity index (χ0) is 23.4. The van der Waals surface area contributed by atoms with Gasteiger partial charge in [0, 0.05) is 23.4 Å². The first-order valence-electron chi connectivity index (χ1n) is 9.19. The Hall–Kier alpha value is -3.18. The molecule has 32 heavy (non-hydrogen) atoms. The van der Waals surface area contributed by atoms with Gasteiger partial charge in [-0.15, -0.1) is 11.3 Å². The van der Waals surface area contributed by atoms with E-state index in [2.05, 4.69) is 10.6 Å². The van der Waals surface area contributed by atoms with E-state index in [0.717, 1.165) is 23.5 Å². The molecule has 2 N–H and O–H groups in total. The number of thiophene rings is 1. The molecule has 0 saturated heterocycles. The number of sulfone groups is 1. The van der Waals surface area contributed by atoms with Crippen LogP contribution in [-0.2, 0) is 20.8 Å². The molecule has 3 aromatic rings. The third-order valence-corrected chi connectivity index (χ3v) is 7.48. The Morgan fingerprint density at radius 3 is 2.25 bits per heavy atom. The van der Waals surface area contributed by atoms with Crippen LogP contribution in [0.4, 0.5) is 24.5 Å². The van der Waals surface area contributed by atoms with Gasteiger partial charge in [0.25, 0.3) is 5.91 Å². The molecule has 0 radical (unpaired) electrons. The average Bonchev–Trinajstić information content (AvgIpc) is 3.28. The molecule has 0 aliphatic carbocycles. The predicted octanol–water partition coefficient (Wildman–Crippen LogP) is 4.82. The number of hydrogen-bond acceptors (Lipinski definition) is 5. The number of amides is 2. The first-order chi connectivity index (χ1) is 15.0. The van der Waals surface area contributed by atoms with Crippen molar-refractivity contribution in [1.82, 2.24) is 0 Å². The number of rotatable bonds is 7. The molecule has 0 atom stereocenters. The summed E-state index contributed by atoms with van der Waals surface area (Å²) in [7, 11) is -3.53. The van der Waals surface area contributed by atoms with Crippen molar-refractivity contribution >= 4 is 44.4 Å². The Kier molecular flexibility index (Phi) is 6.99. The van der Waals surface area contributed by atoms with Crippen molar-refractivity contribution < 1.29 is 31.2 Å². The third-order valence-electron chi connectivity index (χ3n) is 4.28. The van der Waals surface area contributed by atoms with E-state index in [1.54, 1.807) is 11.4 Å². The summed E-state index contributed by atoms with van der Waals surface area (Å²) in [5.74, 6) is -1.47. The van der Waals surface area contributed by atoms with Crippen LogP contribution in [0.2, 0.25) is 0 Å². The lowest BCUT2D eigenvalue weighted by Crippen LogP contribution is -2.17. The van der Waals surface area contributed by atoms with Crippen molar-refractivity contribution in [2.45, 2.75) is 16.8 Å². The molecular weight excluding hydrogens is 465 g/mol. The van der Waals surface area contributed by atoms with Crippen molar-refractivity contribution in [3.63, 3.8) is 0 Å². The van der Waals surface area contributed by atoms with Gasteiger partial charge in [0.05, 0.1) is 11.3 Å². The molecular formula is C21H17F3N2O4S2. The topological polar surface area (TPSA) is 92.3 Å². The maximum atomic E-state index is 12.8. The first-order valence-corrected chi connectivity index (χ1v) is 11.7. The monoisotopic (exact) mass is 482 g/mol. The fraction of sp³-hybridized carbons (Fsp3) is 0.143. The van der Waals surface area contributed by atoms with Gasteiger partial charge in [-0.25, -0.2) is 8.42 Å². The molecule has 0 bridgehead atoms. The molecule has 1 aromatic heterocycles. The van der Waals surface area contributed by atoms with Gasteiger partial charge in [0.1, 0.15) is 4.21 Å². The van der Waals surface area contributed by atoms with E-state index in [-0.39, 0.29) is 27.6 Å². The van der Waals surface area contributed by atoms with Crippen molar-refractivity contribution in [2.24, 2.45) is 0 Å². The molecule has 0 saturated carbocycles. The Morgan fingerprint density at radius 1 is 0.906 bits per heavy atom. The quantitative estimate of drug-likeness (QED) is 0.505. The second-order valence-corrected chi connectivity index (χ2v) is 9.94.